The Labute approximate surface area is 165 Å². The summed E-state index contributed by atoms with van der Waals surface area (Å²) in [6, 6.07) is 9.89. The first-order valence-electron chi connectivity index (χ1n) is 9.62. The lowest BCUT2D eigenvalue weighted by atomic mass is 10.1. The van der Waals surface area contributed by atoms with Gasteiger partial charge in [-0.2, -0.15) is 0 Å². The zero-order valence-corrected chi connectivity index (χ0v) is 16.4. The molecule has 0 radical (unpaired) electrons. The van der Waals surface area contributed by atoms with Crippen LogP contribution in [0.25, 0.3) is 0 Å². The van der Waals surface area contributed by atoms with Crippen LogP contribution in [0.4, 0.5) is 4.79 Å². The number of nitrogens with zero attached hydrogens (tertiary/aromatic N) is 1. The number of benzene rings is 1. The predicted octanol–water partition coefficient (Wildman–Crippen LogP) is 4.11. The molecule has 2 atom stereocenters. The SMILES string of the molecule is O=C(O)CCCCCCN1C(=O)SCC[C@@H]1/C=C/C(O)Cc1ccccc1. The van der Waals surface area contributed by atoms with E-state index in [1.807, 2.05) is 41.3 Å². The van der Waals surface area contributed by atoms with Crippen molar-refractivity contribution in [3.8, 4) is 0 Å². The number of rotatable bonds is 11. The van der Waals surface area contributed by atoms with Gasteiger partial charge in [0, 0.05) is 25.1 Å². The Morgan fingerprint density at radius 2 is 1.96 bits per heavy atom. The standard InChI is InChI=1S/C21H29NO4S/c23-19(16-17-8-4-3-5-9-17)12-11-18-13-15-27-21(26)22(18)14-7-2-1-6-10-20(24)25/h3-5,8-9,11-12,18-19,23H,1-2,6-7,10,13-16H2,(H,24,25)/b12-11+/t18-,19?/m0/s1. The number of amides is 1. The molecule has 1 saturated heterocycles. The summed E-state index contributed by atoms with van der Waals surface area (Å²) < 4.78 is 0. The molecule has 1 aromatic rings. The third-order valence-electron chi connectivity index (χ3n) is 4.66. The molecule has 1 heterocycles. The van der Waals surface area contributed by atoms with E-state index < -0.39 is 12.1 Å². The number of aliphatic carboxylic acids is 1. The lowest BCUT2D eigenvalue weighted by Gasteiger charge is -2.33. The average Bonchev–Trinajstić information content (AvgIpc) is 2.65. The highest BCUT2D eigenvalue weighted by molar-refractivity contribution is 8.13. The Kier molecular flexibility index (Phi) is 9.42. The van der Waals surface area contributed by atoms with Crippen LogP contribution < -0.4 is 0 Å². The average molecular weight is 392 g/mol. The summed E-state index contributed by atoms with van der Waals surface area (Å²) in [7, 11) is 0. The van der Waals surface area contributed by atoms with Crippen molar-refractivity contribution in [1.29, 1.82) is 0 Å². The molecule has 148 valence electrons. The fraction of sp³-hybridized carbons (Fsp3) is 0.524. The summed E-state index contributed by atoms with van der Waals surface area (Å²) in [5, 5.41) is 19.0. The first-order valence-corrected chi connectivity index (χ1v) is 10.6. The maximum absolute atomic E-state index is 12.3. The van der Waals surface area contributed by atoms with Crippen LogP contribution in [-0.2, 0) is 11.2 Å². The van der Waals surface area contributed by atoms with Crippen molar-refractivity contribution in [3.63, 3.8) is 0 Å². The van der Waals surface area contributed by atoms with Crippen LogP contribution in [-0.4, -0.2) is 50.8 Å². The van der Waals surface area contributed by atoms with Gasteiger partial charge in [-0.3, -0.25) is 9.59 Å². The van der Waals surface area contributed by atoms with Gasteiger partial charge in [0.2, 0.25) is 0 Å². The summed E-state index contributed by atoms with van der Waals surface area (Å²) >= 11 is 1.35. The molecule has 5 nitrogen and oxygen atoms in total. The highest BCUT2D eigenvalue weighted by Gasteiger charge is 2.26. The highest BCUT2D eigenvalue weighted by atomic mass is 32.2. The van der Waals surface area contributed by atoms with Gasteiger partial charge in [-0.05, 0) is 24.8 Å². The molecule has 1 aromatic carbocycles. The molecule has 1 aliphatic rings. The molecule has 6 heteroatoms. The van der Waals surface area contributed by atoms with Gasteiger partial charge < -0.3 is 15.1 Å². The number of carbonyl (C=O) groups is 2. The van der Waals surface area contributed by atoms with E-state index in [-0.39, 0.29) is 17.7 Å². The van der Waals surface area contributed by atoms with Gasteiger partial charge in [-0.25, -0.2) is 0 Å². The first kappa shape index (κ1) is 21.5. The van der Waals surface area contributed by atoms with Gasteiger partial charge in [0.25, 0.3) is 5.24 Å². The Hall–Kier alpha value is -1.79. The molecular formula is C21H29NO4S. The summed E-state index contributed by atoms with van der Waals surface area (Å²) in [5.41, 5.74) is 1.09. The van der Waals surface area contributed by atoms with E-state index in [2.05, 4.69) is 0 Å². The minimum atomic E-state index is -0.753. The number of hydrogen-bond donors (Lipinski definition) is 2. The van der Waals surface area contributed by atoms with Crippen molar-refractivity contribution in [2.75, 3.05) is 12.3 Å². The summed E-state index contributed by atoms with van der Waals surface area (Å²) in [4.78, 5) is 24.7. The third-order valence-corrected chi connectivity index (χ3v) is 5.58. The summed E-state index contributed by atoms with van der Waals surface area (Å²) in [6.45, 7) is 0.683. The van der Waals surface area contributed by atoms with E-state index in [1.165, 1.54) is 11.8 Å². The van der Waals surface area contributed by atoms with E-state index in [9.17, 15) is 14.7 Å². The zero-order valence-electron chi connectivity index (χ0n) is 15.6. The monoisotopic (exact) mass is 391 g/mol. The molecule has 0 spiro atoms. The van der Waals surface area contributed by atoms with E-state index >= 15 is 0 Å². The second-order valence-electron chi connectivity index (χ2n) is 6.86. The molecule has 1 fully saturated rings. The smallest absolute Gasteiger partial charge is 0.303 e. The van der Waals surface area contributed by atoms with E-state index in [4.69, 9.17) is 5.11 Å². The molecule has 0 saturated carbocycles. The fourth-order valence-corrected chi connectivity index (χ4v) is 4.12. The van der Waals surface area contributed by atoms with Gasteiger partial charge >= 0.3 is 5.97 Å². The second kappa shape index (κ2) is 11.8. The van der Waals surface area contributed by atoms with Crippen LogP contribution in [0.15, 0.2) is 42.5 Å². The summed E-state index contributed by atoms with van der Waals surface area (Å²) in [6.07, 6.45) is 8.25. The van der Waals surface area contributed by atoms with Crippen LogP contribution in [0.5, 0.6) is 0 Å². The number of aliphatic hydroxyl groups excluding tert-OH is 1. The maximum atomic E-state index is 12.3. The van der Waals surface area contributed by atoms with E-state index in [0.29, 0.717) is 19.4 Å². The molecule has 1 amide bonds. The molecular weight excluding hydrogens is 362 g/mol. The Morgan fingerprint density at radius 1 is 1.22 bits per heavy atom. The Bertz CT molecular complexity index is 620. The van der Waals surface area contributed by atoms with Gasteiger partial charge in [0.15, 0.2) is 0 Å². The Balaban J connectivity index is 1.79. The van der Waals surface area contributed by atoms with Crippen molar-refractivity contribution < 1.29 is 19.8 Å². The van der Waals surface area contributed by atoms with Crippen molar-refractivity contribution in [2.45, 2.75) is 57.1 Å². The molecule has 1 aliphatic heterocycles. The number of carboxylic acid groups (broad SMARTS) is 1. The Morgan fingerprint density at radius 3 is 2.70 bits per heavy atom. The topological polar surface area (TPSA) is 77.8 Å². The van der Waals surface area contributed by atoms with Crippen LogP contribution in [0, 0.1) is 0 Å². The van der Waals surface area contributed by atoms with E-state index in [1.54, 1.807) is 6.08 Å². The molecule has 0 aliphatic carbocycles. The van der Waals surface area contributed by atoms with Crippen molar-refractivity contribution >= 4 is 23.0 Å². The predicted molar refractivity (Wildman–Crippen MR) is 109 cm³/mol. The molecule has 27 heavy (non-hydrogen) atoms. The largest absolute Gasteiger partial charge is 0.481 e. The lowest BCUT2D eigenvalue weighted by molar-refractivity contribution is -0.137. The van der Waals surface area contributed by atoms with Crippen molar-refractivity contribution in [2.24, 2.45) is 0 Å². The number of hydrogen-bond acceptors (Lipinski definition) is 4. The van der Waals surface area contributed by atoms with Crippen molar-refractivity contribution in [3.05, 3.63) is 48.0 Å². The molecule has 2 rings (SSSR count). The molecule has 0 aromatic heterocycles. The number of carboxylic acids is 1. The molecule has 2 N–H and O–H groups in total. The number of thioether (sulfide) groups is 1. The van der Waals surface area contributed by atoms with E-state index in [0.717, 1.165) is 37.0 Å². The maximum Gasteiger partial charge on any atom is 0.303 e. The minimum absolute atomic E-state index is 0.0307. The fourth-order valence-electron chi connectivity index (χ4n) is 3.19. The number of aliphatic hydroxyl groups is 1. The second-order valence-corrected chi connectivity index (χ2v) is 7.91. The molecule has 1 unspecified atom stereocenters. The highest BCUT2D eigenvalue weighted by Crippen LogP contribution is 2.24. The summed E-state index contributed by atoms with van der Waals surface area (Å²) in [5.74, 6) is 0.0504. The number of unbranched alkanes of at least 4 members (excludes halogenated alkanes) is 3. The van der Waals surface area contributed by atoms with Gasteiger partial charge in [0.1, 0.15) is 0 Å². The lowest BCUT2D eigenvalue weighted by Crippen LogP contribution is -2.41. The van der Waals surface area contributed by atoms with Crippen LogP contribution in [0.1, 0.15) is 44.1 Å². The number of carbonyl (C=O) groups excluding carboxylic acids is 1. The van der Waals surface area contributed by atoms with Gasteiger partial charge in [0.05, 0.1) is 12.1 Å². The minimum Gasteiger partial charge on any atom is -0.481 e. The quantitative estimate of drug-likeness (QED) is 0.438. The molecule has 0 bridgehead atoms. The van der Waals surface area contributed by atoms with Crippen LogP contribution in [0.2, 0.25) is 0 Å². The van der Waals surface area contributed by atoms with Crippen molar-refractivity contribution in [1.82, 2.24) is 4.90 Å². The zero-order chi connectivity index (χ0) is 19.5. The van der Waals surface area contributed by atoms with Crippen LogP contribution >= 0.6 is 11.8 Å². The first-order chi connectivity index (χ1) is 13.1. The third kappa shape index (κ3) is 8.18. The van der Waals surface area contributed by atoms with Gasteiger partial charge in [-0.1, -0.05) is 67.1 Å². The normalized spacial score (nSPS) is 18.8. The van der Waals surface area contributed by atoms with Crippen LogP contribution in [0.3, 0.4) is 0 Å². The van der Waals surface area contributed by atoms with Gasteiger partial charge in [-0.15, -0.1) is 0 Å².